The smallest absolute Gasteiger partial charge is 0.143 e. The van der Waals surface area contributed by atoms with Crippen LogP contribution in [0.15, 0.2) is 72.4 Å². The van der Waals surface area contributed by atoms with Crippen molar-refractivity contribution in [2.75, 3.05) is 5.32 Å². The van der Waals surface area contributed by atoms with E-state index in [1.165, 1.54) is 0 Å². The Bertz CT molecular complexity index is 1140. The molecule has 3 heteroatoms. The first-order valence-corrected chi connectivity index (χ1v) is 9.76. The molecule has 28 heavy (non-hydrogen) atoms. The highest BCUT2D eigenvalue weighted by molar-refractivity contribution is 5.97. The number of aromatic hydroxyl groups is 1. The Labute approximate surface area is 164 Å². The number of rotatable bonds is 1. The number of phenolic OH excluding ortho intramolecular Hbond substituents is 1. The van der Waals surface area contributed by atoms with Crippen molar-refractivity contribution in [1.29, 1.82) is 0 Å². The van der Waals surface area contributed by atoms with E-state index in [1.807, 2.05) is 24.3 Å². The van der Waals surface area contributed by atoms with Crippen molar-refractivity contribution in [1.82, 2.24) is 0 Å². The molecule has 0 bridgehead atoms. The average Bonchev–Trinajstić information content (AvgIpc) is 2.65. The highest BCUT2D eigenvalue weighted by Crippen LogP contribution is 2.51. The molecule has 3 nitrogen and oxygen atoms in total. The zero-order valence-electron chi connectivity index (χ0n) is 16.1. The second kappa shape index (κ2) is 5.96. The van der Waals surface area contributed by atoms with Crippen LogP contribution in [-0.2, 0) is 4.79 Å². The maximum absolute atomic E-state index is 13.3. The lowest BCUT2D eigenvalue weighted by Gasteiger charge is -2.42. The summed E-state index contributed by atoms with van der Waals surface area (Å²) in [6, 6.07) is 19.9. The Hall–Kier alpha value is -3.07. The van der Waals surface area contributed by atoms with Crippen molar-refractivity contribution >= 4 is 22.2 Å². The number of Topliss-reactive ketones (excluding diaryl/α,β-unsaturated/α-hetero) is 1. The lowest BCUT2D eigenvalue weighted by molar-refractivity contribution is -0.124. The summed E-state index contributed by atoms with van der Waals surface area (Å²) in [5.74, 6) is 0.103. The molecule has 0 unspecified atom stereocenters. The minimum absolute atomic E-state index is 0.121. The number of fused-ring (bicyclic) bond motifs is 4. The van der Waals surface area contributed by atoms with E-state index in [9.17, 15) is 9.90 Å². The van der Waals surface area contributed by atoms with Crippen LogP contribution < -0.4 is 5.32 Å². The molecule has 5 rings (SSSR count). The summed E-state index contributed by atoms with van der Waals surface area (Å²) >= 11 is 0. The highest BCUT2D eigenvalue weighted by Gasteiger charge is 2.44. The van der Waals surface area contributed by atoms with Crippen LogP contribution in [0.25, 0.3) is 10.8 Å². The fourth-order valence-electron chi connectivity index (χ4n) is 4.91. The van der Waals surface area contributed by atoms with Gasteiger partial charge in [-0.25, -0.2) is 0 Å². The number of anilines is 1. The molecule has 3 aromatic carbocycles. The second-order valence-electron chi connectivity index (χ2n) is 8.65. The molecular weight excluding hydrogens is 346 g/mol. The average molecular weight is 369 g/mol. The van der Waals surface area contributed by atoms with Gasteiger partial charge in [0, 0.05) is 23.7 Å². The largest absolute Gasteiger partial charge is 0.508 e. The van der Waals surface area contributed by atoms with Gasteiger partial charge in [0.15, 0.2) is 0 Å². The van der Waals surface area contributed by atoms with Gasteiger partial charge in [-0.1, -0.05) is 62.4 Å². The molecule has 0 saturated carbocycles. The van der Waals surface area contributed by atoms with Crippen molar-refractivity contribution in [2.45, 2.75) is 26.2 Å². The van der Waals surface area contributed by atoms with Gasteiger partial charge in [0.1, 0.15) is 11.5 Å². The summed E-state index contributed by atoms with van der Waals surface area (Å²) in [4.78, 5) is 13.3. The highest BCUT2D eigenvalue weighted by atomic mass is 16.3. The number of carbonyl (C=O) groups is 1. The summed E-state index contributed by atoms with van der Waals surface area (Å²) < 4.78 is 0. The van der Waals surface area contributed by atoms with E-state index in [0.29, 0.717) is 6.42 Å². The number of ketones is 1. The molecule has 0 amide bonds. The fraction of sp³-hybridized carbons (Fsp3) is 0.240. The van der Waals surface area contributed by atoms with Crippen LogP contribution in [0.3, 0.4) is 0 Å². The predicted octanol–water partition coefficient (Wildman–Crippen LogP) is 5.60. The summed E-state index contributed by atoms with van der Waals surface area (Å²) in [5, 5.41) is 16.0. The summed E-state index contributed by atoms with van der Waals surface area (Å²) in [6.07, 6.45) is 2.74. The fourth-order valence-corrected chi connectivity index (χ4v) is 4.91. The molecule has 2 N–H and O–H groups in total. The van der Waals surface area contributed by atoms with Gasteiger partial charge in [-0.3, -0.25) is 4.79 Å². The number of nitrogens with one attached hydrogen (secondary N) is 1. The first kappa shape index (κ1) is 17.1. The number of hydrogen-bond donors (Lipinski definition) is 2. The van der Waals surface area contributed by atoms with Crippen molar-refractivity contribution in [2.24, 2.45) is 11.3 Å². The van der Waals surface area contributed by atoms with E-state index in [4.69, 9.17) is 0 Å². The Morgan fingerprint density at radius 1 is 1.00 bits per heavy atom. The molecule has 0 saturated heterocycles. The molecule has 0 radical (unpaired) electrons. The van der Waals surface area contributed by atoms with Crippen molar-refractivity contribution in [3.8, 4) is 5.75 Å². The third-order valence-corrected chi connectivity index (χ3v) is 5.98. The number of carbonyl (C=O) groups excluding carboxylic acids is 1. The molecule has 2 aliphatic rings. The van der Waals surface area contributed by atoms with Crippen molar-refractivity contribution < 1.29 is 9.90 Å². The van der Waals surface area contributed by atoms with Crippen molar-refractivity contribution in [3.05, 3.63) is 83.6 Å². The lowest BCUT2D eigenvalue weighted by atomic mass is 9.66. The lowest BCUT2D eigenvalue weighted by Crippen LogP contribution is -2.39. The Kier molecular flexibility index (Phi) is 3.63. The molecule has 3 aromatic rings. The van der Waals surface area contributed by atoms with Crippen LogP contribution in [0.2, 0.25) is 0 Å². The van der Waals surface area contributed by atoms with Gasteiger partial charge in [-0.2, -0.15) is 0 Å². The molecule has 1 aliphatic carbocycles. The van der Waals surface area contributed by atoms with E-state index >= 15 is 0 Å². The maximum Gasteiger partial charge on any atom is 0.143 e. The number of phenols is 1. The summed E-state index contributed by atoms with van der Waals surface area (Å²) in [6.45, 7) is 4.21. The number of benzene rings is 3. The van der Waals surface area contributed by atoms with E-state index < -0.39 is 0 Å². The first-order chi connectivity index (χ1) is 13.4. The van der Waals surface area contributed by atoms with Crippen LogP contribution in [0, 0.1) is 11.3 Å². The van der Waals surface area contributed by atoms with Gasteiger partial charge in [-0.15, -0.1) is 0 Å². The van der Waals surface area contributed by atoms with Gasteiger partial charge < -0.3 is 10.4 Å². The molecule has 0 spiro atoms. The normalized spacial score (nSPS) is 22.8. The van der Waals surface area contributed by atoms with Crippen LogP contribution in [0.5, 0.6) is 5.75 Å². The van der Waals surface area contributed by atoms with Gasteiger partial charge in [0.2, 0.25) is 0 Å². The van der Waals surface area contributed by atoms with Gasteiger partial charge in [0.05, 0.1) is 5.92 Å². The standard InChI is InChI=1S/C25H23NO2/c1-25(2)13-20-24(21(28)14-25)22(16-7-5-8-17(27)12-16)23-18-9-4-3-6-15(18)10-11-19(23)26-20/h3-13,22,24,26-27H,14H2,1-2H3/t22-,24+/m1/s1. The molecule has 2 atom stereocenters. The van der Waals surface area contributed by atoms with Crippen molar-refractivity contribution in [3.63, 3.8) is 0 Å². The Balaban J connectivity index is 1.83. The molecular formula is C25H23NO2. The monoisotopic (exact) mass is 369 g/mol. The van der Waals surface area contributed by atoms with Gasteiger partial charge in [0.25, 0.3) is 0 Å². The Morgan fingerprint density at radius 3 is 2.64 bits per heavy atom. The molecule has 0 aromatic heterocycles. The number of hydrogen-bond acceptors (Lipinski definition) is 3. The van der Waals surface area contributed by atoms with E-state index in [0.717, 1.165) is 33.3 Å². The van der Waals surface area contributed by atoms with Crippen LogP contribution in [0.1, 0.15) is 37.3 Å². The third kappa shape index (κ3) is 2.62. The van der Waals surface area contributed by atoms with E-state index in [2.05, 4.69) is 49.5 Å². The molecule has 0 fully saturated rings. The first-order valence-electron chi connectivity index (χ1n) is 9.76. The van der Waals surface area contributed by atoms with Crippen LogP contribution >= 0.6 is 0 Å². The topological polar surface area (TPSA) is 49.3 Å². The maximum atomic E-state index is 13.3. The number of allylic oxidation sites excluding steroid dienone is 2. The minimum atomic E-state index is -0.256. The zero-order valence-corrected chi connectivity index (χ0v) is 16.1. The third-order valence-electron chi connectivity index (χ3n) is 5.98. The van der Waals surface area contributed by atoms with E-state index in [-0.39, 0.29) is 28.8 Å². The van der Waals surface area contributed by atoms with E-state index in [1.54, 1.807) is 12.1 Å². The molecule has 1 aliphatic heterocycles. The molecule has 1 heterocycles. The summed E-state index contributed by atoms with van der Waals surface area (Å²) in [5.41, 5.74) is 3.98. The quantitative estimate of drug-likeness (QED) is 0.587. The second-order valence-corrected chi connectivity index (χ2v) is 8.65. The SMILES string of the molecule is CC1(C)C=C2Nc3ccc4ccccc4c3[C@@H](c3cccc(O)c3)[C@@H]2C(=O)C1. The van der Waals surface area contributed by atoms with Gasteiger partial charge >= 0.3 is 0 Å². The van der Waals surface area contributed by atoms with Gasteiger partial charge in [-0.05, 0) is 45.5 Å². The van der Waals surface area contributed by atoms with Crippen LogP contribution in [0.4, 0.5) is 5.69 Å². The minimum Gasteiger partial charge on any atom is -0.508 e. The zero-order chi connectivity index (χ0) is 19.5. The predicted molar refractivity (Wildman–Crippen MR) is 112 cm³/mol. The Morgan fingerprint density at radius 2 is 1.82 bits per heavy atom. The van der Waals surface area contributed by atoms with Crippen LogP contribution in [-0.4, -0.2) is 10.9 Å². The summed E-state index contributed by atoms with van der Waals surface area (Å²) in [7, 11) is 0. The molecule has 140 valence electrons.